The highest BCUT2D eigenvalue weighted by atomic mass is 35.5. The van der Waals surface area contributed by atoms with E-state index in [4.69, 9.17) is 14.2 Å². The predicted molar refractivity (Wildman–Crippen MR) is 140 cm³/mol. The van der Waals surface area contributed by atoms with Crippen molar-refractivity contribution in [3.63, 3.8) is 0 Å². The van der Waals surface area contributed by atoms with Crippen LogP contribution in [0.25, 0.3) is 11.0 Å². The summed E-state index contributed by atoms with van der Waals surface area (Å²) in [5, 5.41) is 4.22. The van der Waals surface area contributed by atoms with E-state index in [2.05, 4.69) is 22.2 Å². The SMILES string of the molecule is CCC1CCCCN1C(=O)c1cnc2nc(C)ccc2c1Nc1cc(OC)c(OC)c(OC)c1.Cl. The molecule has 0 spiro atoms. The summed E-state index contributed by atoms with van der Waals surface area (Å²) in [5.41, 5.74) is 3.32. The van der Waals surface area contributed by atoms with Crippen molar-refractivity contribution >= 4 is 40.7 Å². The van der Waals surface area contributed by atoms with Crippen molar-refractivity contribution in [1.82, 2.24) is 14.9 Å². The number of carbonyl (C=O) groups excluding carboxylic acids is 1. The molecule has 0 radical (unpaired) electrons. The number of pyridine rings is 2. The summed E-state index contributed by atoms with van der Waals surface area (Å²) < 4.78 is 16.5. The lowest BCUT2D eigenvalue weighted by Gasteiger charge is -2.35. The Labute approximate surface area is 212 Å². The smallest absolute Gasteiger partial charge is 0.257 e. The first-order valence-corrected chi connectivity index (χ1v) is 11.6. The Hall–Kier alpha value is -3.26. The maximum absolute atomic E-state index is 13.8. The molecule has 3 heterocycles. The first-order chi connectivity index (χ1) is 16.5. The molecular weight excluding hydrogens is 468 g/mol. The fraction of sp³-hybridized carbons (Fsp3) is 0.423. The summed E-state index contributed by atoms with van der Waals surface area (Å²) in [7, 11) is 4.72. The lowest BCUT2D eigenvalue weighted by atomic mass is 9.98. The summed E-state index contributed by atoms with van der Waals surface area (Å²) in [5.74, 6) is 1.53. The number of ether oxygens (including phenoxy) is 3. The third-order valence-electron chi connectivity index (χ3n) is 6.39. The number of benzene rings is 1. The van der Waals surface area contributed by atoms with Crippen molar-refractivity contribution in [1.29, 1.82) is 0 Å². The Morgan fingerprint density at radius 1 is 1.11 bits per heavy atom. The van der Waals surface area contributed by atoms with Crippen LogP contribution in [0.2, 0.25) is 0 Å². The largest absolute Gasteiger partial charge is 0.493 e. The minimum atomic E-state index is -0.0172. The Morgan fingerprint density at radius 2 is 1.83 bits per heavy atom. The van der Waals surface area contributed by atoms with Crippen LogP contribution >= 0.6 is 12.4 Å². The third kappa shape index (κ3) is 5.22. The van der Waals surface area contributed by atoms with Gasteiger partial charge in [0.2, 0.25) is 5.75 Å². The molecule has 1 atom stereocenters. The van der Waals surface area contributed by atoms with E-state index in [9.17, 15) is 4.79 Å². The summed E-state index contributed by atoms with van der Waals surface area (Å²) in [4.78, 5) is 24.9. The molecular formula is C26H33ClN4O4. The van der Waals surface area contributed by atoms with Gasteiger partial charge >= 0.3 is 0 Å². The van der Waals surface area contributed by atoms with Crippen LogP contribution in [-0.4, -0.2) is 54.7 Å². The standard InChI is InChI=1S/C26H32N4O4.ClH/c1-6-18-9-7-8-12-30(18)26(31)20-15-27-25-19(11-10-16(2)28-25)23(20)29-17-13-21(32-3)24(34-5)22(14-17)33-4;/h10-11,13-15,18H,6-9,12H2,1-5H3,(H,27,28,29);1H. The van der Waals surface area contributed by atoms with E-state index < -0.39 is 0 Å². The van der Waals surface area contributed by atoms with Gasteiger partial charge < -0.3 is 24.4 Å². The minimum Gasteiger partial charge on any atom is -0.493 e. The average Bonchev–Trinajstić information content (AvgIpc) is 2.87. The fourth-order valence-electron chi connectivity index (χ4n) is 4.61. The number of fused-ring (bicyclic) bond motifs is 1. The highest BCUT2D eigenvalue weighted by Gasteiger charge is 2.29. The molecule has 188 valence electrons. The number of likely N-dealkylation sites (tertiary alicyclic amines) is 1. The fourth-order valence-corrected chi connectivity index (χ4v) is 4.61. The van der Waals surface area contributed by atoms with Crippen molar-refractivity contribution in [2.24, 2.45) is 0 Å². The zero-order chi connectivity index (χ0) is 24.2. The van der Waals surface area contributed by atoms with Crippen molar-refractivity contribution in [2.45, 2.75) is 45.6 Å². The van der Waals surface area contributed by atoms with Crippen molar-refractivity contribution < 1.29 is 19.0 Å². The van der Waals surface area contributed by atoms with Gasteiger partial charge in [-0.25, -0.2) is 9.97 Å². The number of hydrogen-bond acceptors (Lipinski definition) is 7. The molecule has 1 unspecified atom stereocenters. The number of amides is 1. The van der Waals surface area contributed by atoms with Gasteiger partial charge in [-0.05, 0) is 44.7 Å². The van der Waals surface area contributed by atoms with Gasteiger partial charge in [0.15, 0.2) is 17.1 Å². The van der Waals surface area contributed by atoms with E-state index in [0.717, 1.165) is 43.3 Å². The molecule has 1 saturated heterocycles. The Morgan fingerprint density at radius 3 is 2.46 bits per heavy atom. The van der Waals surface area contributed by atoms with Crippen LogP contribution in [0.1, 0.15) is 48.7 Å². The topological polar surface area (TPSA) is 85.8 Å². The number of carbonyl (C=O) groups is 1. The van der Waals surface area contributed by atoms with Gasteiger partial charge in [-0.15, -0.1) is 12.4 Å². The lowest BCUT2D eigenvalue weighted by molar-refractivity contribution is 0.0609. The quantitative estimate of drug-likeness (QED) is 0.456. The monoisotopic (exact) mass is 500 g/mol. The Balaban J connectivity index is 0.00000342. The summed E-state index contributed by atoms with van der Waals surface area (Å²) >= 11 is 0. The van der Waals surface area contributed by atoms with Gasteiger partial charge in [0.05, 0.1) is 32.6 Å². The number of nitrogens with one attached hydrogen (secondary N) is 1. The average molecular weight is 501 g/mol. The normalized spacial score (nSPS) is 15.3. The lowest BCUT2D eigenvalue weighted by Crippen LogP contribution is -2.43. The predicted octanol–water partition coefficient (Wildman–Crippen LogP) is 5.53. The van der Waals surface area contributed by atoms with Crippen LogP contribution in [0.5, 0.6) is 17.2 Å². The molecule has 1 N–H and O–H groups in total. The zero-order valence-corrected chi connectivity index (χ0v) is 21.7. The van der Waals surface area contributed by atoms with Crippen molar-refractivity contribution in [2.75, 3.05) is 33.2 Å². The maximum atomic E-state index is 13.8. The van der Waals surface area contributed by atoms with Gasteiger partial charge in [-0.2, -0.15) is 0 Å². The second kappa shape index (κ2) is 11.4. The van der Waals surface area contributed by atoms with E-state index in [0.29, 0.717) is 39.8 Å². The molecule has 35 heavy (non-hydrogen) atoms. The molecule has 0 aliphatic carbocycles. The molecule has 9 heteroatoms. The summed E-state index contributed by atoms with van der Waals surface area (Å²) in [6.45, 7) is 4.81. The summed E-state index contributed by atoms with van der Waals surface area (Å²) in [6.07, 6.45) is 5.76. The number of methoxy groups -OCH3 is 3. The van der Waals surface area contributed by atoms with Gasteiger partial charge in [0.1, 0.15) is 0 Å². The van der Waals surface area contributed by atoms with Crippen LogP contribution in [-0.2, 0) is 0 Å². The van der Waals surface area contributed by atoms with Crippen LogP contribution in [0.4, 0.5) is 11.4 Å². The van der Waals surface area contributed by atoms with Crippen molar-refractivity contribution in [3.8, 4) is 17.2 Å². The molecule has 4 rings (SSSR count). The maximum Gasteiger partial charge on any atom is 0.257 e. The number of aromatic nitrogens is 2. The van der Waals surface area contributed by atoms with E-state index in [1.807, 2.05) is 36.1 Å². The van der Waals surface area contributed by atoms with E-state index in [-0.39, 0.29) is 24.4 Å². The van der Waals surface area contributed by atoms with E-state index in [1.165, 1.54) is 0 Å². The molecule has 0 saturated carbocycles. The number of halogens is 1. The molecule has 0 bridgehead atoms. The number of nitrogens with zero attached hydrogens (tertiary/aromatic N) is 3. The number of hydrogen-bond donors (Lipinski definition) is 1. The molecule has 1 aromatic carbocycles. The number of piperidine rings is 1. The van der Waals surface area contributed by atoms with E-state index >= 15 is 0 Å². The molecule has 1 aliphatic rings. The van der Waals surface area contributed by atoms with Crippen LogP contribution in [0, 0.1) is 6.92 Å². The first kappa shape index (κ1) is 26.3. The molecule has 1 amide bonds. The van der Waals surface area contributed by atoms with Gasteiger partial charge in [-0.3, -0.25) is 4.79 Å². The number of aryl methyl sites for hydroxylation is 1. The Kier molecular flexibility index (Phi) is 8.62. The van der Waals surface area contributed by atoms with Gasteiger partial charge in [0, 0.05) is 47.7 Å². The van der Waals surface area contributed by atoms with E-state index in [1.54, 1.807) is 27.5 Å². The second-order valence-electron chi connectivity index (χ2n) is 8.47. The van der Waals surface area contributed by atoms with Crippen molar-refractivity contribution in [3.05, 3.63) is 41.7 Å². The van der Waals surface area contributed by atoms with Crippen LogP contribution < -0.4 is 19.5 Å². The highest BCUT2D eigenvalue weighted by molar-refractivity contribution is 6.07. The van der Waals surface area contributed by atoms with Gasteiger partial charge in [-0.1, -0.05) is 6.92 Å². The molecule has 3 aromatic rings. The number of anilines is 2. The zero-order valence-electron chi connectivity index (χ0n) is 20.9. The molecule has 1 aliphatic heterocycles. The van der Waals surface area contributed by atoms with Gasteiger partial charge in [0.25, 0.3) is 5.91 Å². The van der Waals surface area contributed by atoms with Crippen LogP contribution in [0.15, 0.2) is 30.5 Å². The molecule has 1 fully saturated rings. The molecule has 2 aromatic heterocycles. The number of rotatable bonds is 7. The summed E-state index contributed by atoms with van der Waals surface area (Å²) in [6, 6.07) is 7.75. The first-order valence-electron chi connectivity index (χ1n) is 11.6. The minimum absolute atomic E-state index is 0. The third-order valence-corrected chi connectivity index (χ3v) is 6.39. The Bertz CT molecular complexity index is 1180. The highest BCUT2D eigenvalue weighted by Crippen LogP contribution is 2.41. The second-order valence-corrected chi connectivity index (χ2v) is 8.47. The molecule has 8 nitrogen and oxygen atoms in total. The van der Waals surface area contributed by atoms with Crippen LogP contribution in [0.3, 0.4) is 0 Å².